The molecule has 0 saturated carbocycles. The molecule has 1 amide bonds. The highest BCUT2D eigenvalue weighted by atomic mass is 32.2. The number of carbonyl (C=O) groups excluding carboxylic acids is 2. The van der Waals surface area contributed by atoms with Crippen molar-refractivity contribution in [2.45, 2.75) is 29.5 Å². The fourth-order valence-corrected chi connectivity index (χ4v) is 3.58. The fourth-order valence-electron chi connectivity index (χ4n) is 2.70. The van der Waals surface area contributed by atoms with Crippen LogP contribution in [0.5, 0.6) is 5.75 Å². The van der Waals surface area contributed by atoms with E-state index in [1.54, 1.807) is 23.9 Å². The van der Waals surface area contributed by atoms with Gasteiger partial charge >= 0.3 is 5.97 Å². The first-order valence-corrected chi connectivity index (χ1v) is 9.71. The van der Waals surface area contributed by atoms with Crippen LogP contribution in [-0.4, -0.2) is 35.4 Å². The van der Waals surface area contributed by atoms with Crippen LogP contribution in [0.4, 0.5) is 5.69 Å². The number of amides is 1. The summed E-state index contributed by atoms with van der Waals surface area (Å²) in [5.41, 5.74) is 7.96. The zero-order valence-electron chi connectivity index (χ0n) is 15.0. The summed E-state index contributed by atoms with van der Waals surface area (Å²) in [6.45, 7) is 0.0191. The Kier molecular flexibility index (Phi) is 6.33. The van der Waals surface area contributed by atoms with Gasteiger partial charge in [-0.05, 0) is 30.2 Å². The molecule has 0 radical (unpaired) electrons. The van der Waals surface area contributed by atoms with Gasteiger partial charge in [0.15, 0.2) is 12.4 Å². The average molecular weight is 400 g/mol. The average Bonchev–Trinajstić information content (AvgIpc) is 2.70. The molecule has 1 heterocycles. The number of carboxylic acids is 1. The zero-order chi connectivity index (χ0) is 20.1. The molecular formula is C20H20N2O5S. The minimum absolute atomic E-state index is 0.0191. The maximum Gasteiger partial charge on any atom is 0.303 e. The van der Waals surface area contributed by atoms with E-state index < -0.39 is 12.0 Å². The number of nitrogens with one attached hydrogen (secondary N) is 1. The highest BCUT2D eigenvalue weighted by molar-refractivity contribution is 7.98. The molecule has 3 rings (SSSR count). The van der Waals surface area contributed by atoms with E-state index in [-0.39, 0.29) is 31.1 Å². The molecule has 4 N–H and O–H groups in total. The molecule has 2 aromatic rings. The molecule has 146 valence electrons. The molecule has 8 heteroatoms. The summed E-state index contributed by atoms with van der Waals surface area (Å²) < 4.78 is 5.42. The van der Waals surface area contributed by atoms with E-state index in [0.717, 1.165) is 10.5 Å². The number of aliphatic carboxylic acids is 1. The third kappa shape index (κ3) is 5.11. The van der Waals surface area contributed by atoms with Gasteiger partial charge in [0.05, 0.1) is 11.7 Å². The van der Waals surface area contributed by atoms with E-state index >= 15 is 0 Å². The molecule has 1 atom stereocenters. The number of hydrogen-bond donors (Lipinski definition) is 3. The summed E-state index contributed by atoms with van der Waals surface area (Å²) in [5.74, 6) is -0.0314. The Bertz CT molecular complexity index is 898. The quantitative estimate of drug-likeness (QED) is 0.460. The number of ketones is 1. The Morgan fingerprint density at radius 2 is 1.96 bits per heavy atom. The largest absolute Gasteiger partial charge is 0.482 e. The number of carboxylic acid groups (broad SMARTS) is 1. The van der Waals surface area contributed by atoms with E-state index in [4.69, 9.17) is 15.6 Å². The van der Waals surface area contributed by atoms with Crippen LogP contribution in [0, 0.1) is 0 Å². The molecule has 0 bridgehead atoms. The van der Waals surface area contributed by atoms with Crippen molar-refractivity contribution in [3.05, 3.63) is 53.6 Å². The predicted molar refractivity (Wildman–Crippen MR) is 106 cm³/mol. The summed E-state index contributed by atoms with van der Waals surface area (Å²) in [7, 11) is 0. The lowest BCUT2D eigenvalue weighted by Crippen LogP contribution is -2.31. The van der Waals surface area contributed by atoms with Gasteiger partial charge in [-0.15, -0.1) is 11.8 Å². The van der Waals surface area contributed by atoms with Crippen LogP contribution in [0.2, 0.25) is 0 Å². The number of rotatable bonds is 8. The van der Waals surface area contributed by atoms with E-state index in [0.29, 0.717) is 22.8 Å². The molecule has 28 heavy (non-hydrogen) atoms. The number of hydrogen-bond acceptors (Lipinski definition) is 6. The van der Waals surface area contributed by atoms with Gasteiger partial charge in [-0.25, -0.2) is 0 Å². The summed E-state index contributed by atoms with van der Waals surface area (Å²) in [5, 5.41) is 11.4. The second-order valence-corrected chi connectivity index (χ2v) is 7.43. The number of ether oxygens (including phenoxy) is 1. The number of nitrogens with two attached hydrogens (primary N) is 1. The summed E-state index contributed by atoms with van der Waals surface area (Å²) in [6, 6.07) is 12.0. The van der Waals surface area contributed by atoms with Crippen LogP contribution in [0.25, 0.3) is 0 Å². The molecule has 0 spiro atoms. The molecule has 2 aromatic carbocycles. The van der Waals surface area contributed by atoms with Crippen LogP contribution < -0.4 is 15.8 Å². The standard InChI is InChI=1S/C20H20N2O5S/c21-15(6-8-19(24)25)20(26)13-3-1-12(2-4-13)11-28-14-5-7-16-17(9-14)27-10-18(23)22-16/h1-5,7,9,15H,6,8,10-11,21H2,(H,22,23)(H,24,25)/t15-/m0/s1. The predicted octanol–water partition coefficient (Wildman–Crippen LogP) is 2.68. The minimum atomic E-state index is -0.967. The monoisotopic (exact) mass is 400 g/mol. The van der Waals surface area contributed by atoms with Crippen LogP contribution in [0.15, 0.2) is 47.4 Å². The van der Waals surface area contributed by atoms with Crippen molar-refractivity contribution < 1.29 is 24.2 Å². The Morgan fingerprint density at radius 3 is 2.68 bits per heavy atom. The van der Waals surface area contributed by atoms with Crippen LogP contribution in [0.1, 0.15) is 28.8 Å². The number of carbonyl (C=O) groups is 3. The zero-order valence-corrected chi connectivity index (χ0v) is 15.8. The van der Waals surface area contributed by atoms with Crippen molar-refractivity contribution in [1.82, 2.24) is 0 Å². The summed E-state index contributed by atoms with van der Waals surface area (Å²) >= 11 is 1.61. The van der Waals surface area contributed by atoms with Crippen molar-refractivity contribution in [2.75, 3.05) is 11.9 Å². The van der Waals surface area contributed by atoms with Gasteiger partial charge < -0.3 is 20.9 Å². The van der Waals surface area contributed by atoms with Crippen LogP contribution in [-0.2, 0) is 15.3 Å². The SMILES string of the molecule is N[C@@H](CCC(=O)O)C(=O)c1ccc(CSc2ccc3c(c2)OCC(=O)N3)cc1. The molecule has 7 nitrogen and oxygen atoms in total. The molecular weight excluding hydrogens is 380 g/mol. The first-order valence-electron chi connectivity index (χ1n) is 8.72. The third-order valence-corrected chi connectivity index (χ3v) is 5.30. The van der Waals surface area contributed by atoms with Gasteiger partial charge in [0.1, 0.15) is 5.75 Å². The Balaban J connectivity index is 1.57. The van der Waals surface area contributed by atoms with Crippen molar-refractivity contribution in [3.63, 3.8) is 0 Å². The van der Waals surface area contributed by atoms with Crippen molar-refractivity contribution >= 4 is 35.1 Å². The Labute approximate surface area is 166 Å². The van der Waals surface area contributed by atoms with E-state index in [2.05, 4.69) is 5.32 Å². The molecule has 0 aromatic heterocycles. The number of anilines is 1. The topological polar surface area (TPSA) is 119 Å². The Morgan fingerprint density at radius 1 is 1.21 bits per heavy atom. The van der Waals surface area contributed by atoms with Gasteiger partial charge in [0.2, 0.25) is 0 Å². The van der Waals surface area contributed by atoms with Crippen LogP contribution in [0.3, 0.4) is 0 Å². The molecule has 0 fully saturated rings. The van der Waals surface area contributed by atoms with Gasteiger partial charge in [-0.3, -0.25) is 14.4 Å². The van der Waals surface area contributed by atoms with Gasteiger partial charge in [0.25, 0.3) is 5.91 Å². The number of thioether (sulfide) groups is 1. The van der Waals surface area contributed by atoms with Gasteiger partial charge in [-0.2, -0.15) is 0 Å². The Hall–Kier alpha value is -2.84. The lowest BCUT2D eigenvalue weighted by Gasteiger charge is -2.18. The fraction of sp³-hybridized carbons (Fsp3) is 0.250. The molecule has 1 aliphatic heterocycles. The second kappa shape index (κ2) is 8.90. The van der Waals surface area contributed by atoms with Crippen molar-refractivity contribution in [2.24, 2.45) is 5.73 Å². The van der Waals surface area contributed by atoms with Crippen molar-refractivity contribution in [1.29, 1.82) is 0 Å². The van der Waals surface area contributed by atoms with Crippen molar-refractivity contribution in [3.8, 4) is 5.75 Å². The normalized spacial score (nSPS) is 13.8. The maximum atomic E-state index is 12.2. The summed E-state index contributed by atoms with van der Waals surface area (Å²) in [4.78, 5) is 35.1. The highest BCUT2D eigenvalue weighted by Crippen LogP contribution is 2.33. The lowest BCUT2D eigenvalue weighted by atomic mass is 10.0. The number of benzene rings is 2. The van der Waals surface area contributed by atoms with Gasteiger partial charge in [0, 0.05) is 22.6 Å². The molecule has 0 aliphatic carbocycles. The van der Waals surface area contributed by atoms with Gasteiger partial charge in [-0.1, -0.05) is 24.3 Å². The van der Waals surface area contributed by atoms with E-state index in [1.807, 2.05) is 30.3 Å². The smallest absolute Gasteiger partial charge is 0.303 e. The number of Topliss-reactive ketones (excluding diaryl/α,β-unsaturated/α-hetero) is 1. The molecule has 0 saturated heterocycles. The third-order valence-electron chi connectivity index (χ3n) is 4.24. The van der Waals surface area contributed by atoms with E-state index in [9.17, 15) is 14.4 Å². The van der Waals surface area contributed by atoms with Crippen LogP contribution >= 0.6 is 11.8 Å². The highest BCUT2D eigenvalue weighted by Gasteiger charge is 2.17. The second-order valence-electron chi connectivity index (χ2n) is 6.38. The molecule has 0 unspecified atom stereocenters. The van der Waals surface area contributed by atoms with E-state index in [1.165, 1.54) is 0 Å². The first-order chi connectivity index (χ1) is 13.4. The first kappa shape index (κ1) is 19.9. The molecule has 1 aliphatic rings. The summed E-state index contributed by atoms with van der Waals surface area (Å²) in [6.07, 6.45) is -0.0115. The lowest BCUT2D eigenvalue weighted by molar-refractivity contribution is -0.137. The maximum absolute atomic E-state index is 12.2. The number of fused-ring (bicyclic) bond motifs is 1. The minimum Gasteiger partial charge on any atom is -0.482 e.